The maximum atomic E-state index is 12.6. The third-order valence-corrected chi connectivity index (χ3v) is 4.16. The van der Waals surface area contributed by atoms with Crippen LogP contribution in [0, 0.1) is 10.1 Å². The fourth-order valence-electron chi connectivity index (χ4n) is 2.65. The van der Waals surface area contributed by atoms with Crippen molar-refractivity contribution >= 4 is 34.8 Å². The van der Waals surface area contributed by atoms with Crippen LogP contribution in [0.2, 0.25) is 0 Å². The molecule has 2 aromatic rings. The van der Waals surface area contributed by atoms with Crippen molar-refractivity contribution in [3.05, 3.63) is 64.5 Å². The van der Waals surface area contributed by atoms with Crippen molar-refractivity contribution < 1.29 is 14.5 Å². The molecule has 8 nitrogen and oxygen atoms in total. The van der Waals surface area contributed by atoms with Gasteiger partial charge in [-0.3, -0.25) is 15.1 Å². The summed E-state index contributed by atoms with van der Waals surface area (Å²) in [6.45, 7) is 1.80. The number of ether oxygens (including phenoxy) is 1. The van der Waals surface area contributed by atoms with Gasteiger partial charge in [-0.15, -0.1) is 0 Å². The molecule has 1 saturated heterocycles. The average Bonchev–Trinajstić information content (AvgIpc) is 2.90. The molecule has 1 aromatic heterocycles. The monoisotopic (exact) mass is 358 g/mol. The number of nitro groups is 1. The lowest BCUT2D eigenvalue weighted by atomic mass is 10.1. The Hall–Kier alpha value is -3.07. The number of carbonyl (C=O) groups is 1. The fourth-order valence-corrected chi connectivity index (χ4v) is 3.00. The van der Waals surface area contributed by atoms with Crippen LogP contribution >= 0.6 is 12.2 Å². The van der Waals surface area contributed by atoms with Crippen molar-refractivity contribution in [2.75, 3.05) is 5.32 Å². The van der Waals surface area contributed by atoms with E-state index < -0.39 is 17.1 Å². The SMILES string of the molecule is C[C@@H]1[C@H](c2ccncc2)OC(=S)N1C(=O)Nc1ccccc1[N+](=O)[O-]. The number of pyridine rings is 1. The smallest absolute Gasteiger partial charge is 0.329 e. The molecule has 0 bridgehead atoms. The Bertz CT molecular complexity index is 830. The van der Waals surface area contributed by atoms with E-state index in [0.29, 0.717) is 0 Å². The molecule has 1 N–H and O–H groups in total. The number of amides is 2. The number of anilines is 1. The van der Waals surface area contributed by atoms with E-state index in [9.17, 15) is 14.9 Å². The number of aromatic nitrogens is 1. The molecule has 1 aromatic carbocycles. The van der Waals surface area contributed by atoms with Gasteiger partial charge in [0, 0.05) is 18.5 Å². The van der Waals surface area contributed by atoms with Crippen LogP contribution in [0.15, 0.2) is 48.8 Å². The van der Waals surface area contributed by atoms with Crippen molar-refractivity contribution in [1.82, 2.24) is 9.88 Å². The summed E-state index contributed by atoms with van der Waals surface area (Å²) in [4.78, 5) is 28.3. The normalized spacial score (nSPS) is 19.4. The summed E-state index contributed by atoms with van der Waals surface area (Å²) in [7, 11) is 0. The molecule has 2 heterocycles. The summed E-state index contributed by atoms with van der Waals surface area (Å²) in [5.74, 6) is 0. The second kappa shape index (κ2) is 6.81. The zero-order valence-corrected chi connectivity index (χ0v) is 14.0. The number of nitrogens with zero attached hydrogens (tertiary/aromatic N) is 3. The van der Waals surface area contributed by atoms with Gasteiger partial charge in [0.15, 0.2) is 0 Å². The lowest BCUT2D eigenvalue weighted by Gasteiger charge is -2.20. The fraction of sp³-hybridized carbons (Fsp3) is 0.188. The highest BCUT2D eigenvalue weighted by Crippen LogP contribution is 2.33. The van der Waals surface area contributed by atoms with Gasteiger partial charge in [-0.1, -0.05) is 12.1 Å². The van der Waals surface area contributed by atoms with Crippen molar-refractivity contribution in [2.45, 2.75) is 19.1 Å². The van der Waals surface area contributed by atoms with Gasteiger partial charge in [-0.05, 0) is 42.9 Å². The summed E-state index contributed by atoms with van der Waals surface area (Å²) >= 11 is 5.16. The van der Waals surface area contributed by atoms with E-state index in [1.54, 1.807) is 37.5 Å². The van der Waals surface area contributed by atoms with Crippen LogP contribution in [0.1, 0.15) is 18.6 Å². The Balaban J connectivity index is 1.81. The minimum Gasteiger partial charge on any atom is -0.460 e. The predicted molar refractivity (Wildman–Crippen MR) is 94.1 cm³/mol. The summed E-state index contributed by atoms with van der Waals surface area (Å²) in [5, 5.41) is 13.6. The highest BCUT2D eigenvalue weighted by atomic mass is 32.1. The van der Waals surface area contributed by atoms with Crippen LogP contribution in [0.25, 0.3) is 0 Å². The van der Waals surface area contributed by atoms with E-state index in [4.69, 9.17) is 17.0 Å². The van der Waals surface area contributed by atoms with E-state index in [2.05, 4.69) is 10.3 Å². The molecule has 128 valence electrons. The Morgan fingerprint density at radius 1 is 1.32 bits per heavy atom. The number of para-hydroxylation sites is 2. The highest BCUT2D eigenvalue weighted by Gasteiger charge is 2.41. The number of hydrogen-bond acceptors (Lipinski definition) is 6. The summed E-state index contributed by atoms with van der Waals surface area (Å²) in [5.41, 5.74) is 0.742. The maximum absolute atomic E-state index is 12.6. The van der Waals surface area contributed by atoms with Crippen LogP contribution < -0.4 is 5.32 Å². The molecule has 0 saturated carbocycles. The second-order valence-electron chi connectivity index (χ2n) is 5.40. The van der Waals surface area contributed by atoms with Crippen molar-refractivity contribution in [2.24, 2.45) is 0 Å². The van der Waals surface area contributed by atoms with Crippen molar-refractivity contribution in [3.8, 4) is 0 Å². The number of benzene rings is 1. The van der Waals surface area contributed by atoms with E-state index in [-0.39, 0.29) is 22.6 Å². The number of thiocarbonyl (C=S) groups is 1. The molecule has 2 amide bonds. The van der Waals surface area contributed by atoms with Gasteiger partial charge in [0.2, 0.25) is 0 Å². The van der Waals surface area contributed by atoms with E-state index >= 15 is 0 Å². The maximum Gasteiger partial charge on any atom is 0.329 e. The molecule has 9 heteroatoms. The molecule has 2 atom stereocenters. The third kappa shape index (κ3) is 3.26. The first-order valence-electron chi connectivity index (χ1n) is 7.43. The lowest BCUT2D eigenvalue weighted by molar-refractivity contribution is -0.383. The summed E-state index contributed by atoms with van der Waals surface area (Å²) in [6, 6.07) is 8.52. The zero-order valence-electron chi connectivity index (χ0n) is 13.2. The molecule has 1 aliphatic rings. The largest absolute Gasteiger partial charge is 0.460 e. The first-order chi connectivity index (χ1) is 12.0. The van der Waals surface area contributed by atoms with Gasteiger partial charge < -0.3 is 10.1 Å². The van der Waals surface area contributed by atoms with Gasteiger partial charge in [-0.2, -0.15) is 0 Å². The molecular weight excluding hydrogens is 344 g/mol. The van der Waals surface area contributed by atoms with Crippen LogP contribution in [0.3, 0.4) is 0 Å². The molecule has 0 aliphatic carbocycles. The quantitative estimate of drug-likeness (QED) is 0.514. The number of hydrogen-bond donors (Lipinski definition) is 1. The molecule has 25 heavy (non-hydrogen) atoms. The Kier molecular flexibility index (Phi) is 4.57. The lowest BCUT2D eigenvalue weighted by Crippen LogP contribution is -2.40. The molecule has 0 unspecified atom stereocenters. The molecule has 0 spiro atoms. The summed E-state index contributed by atoms with van der Waals surface area (Å²) in [6.07, 6.45) is 2.83. The van der Waals surface area contributed by atoms with Crippen LogP contribution in [0.5, 0.6) is 0 Å². The van der Waals surface area contributed by atoms with E-state index in [0.717, 1.165) is 5.56 Å². The first kappa shape index (κ1) is 16.8. The first-order valence-corrected chi connectivity index (χ1v) is 7.84. The molecular formula is C16H14N4O4S. The van der Waals surface area contributed by atoms with E-state index in [1.165, 1.54) is 23.1 Å². The van der Waals surface area contributed by atoms with Crippen molar-refractivity contribution in [3.63, 3.8) is 0 Å². The minimum absolute atomic E-state index is 0.0189. The zero-order chi connectivity index (χ0) is 18.0. The number of rotatable bonds is 3. The van der Waals surface area contributed by atoms with E-state index in [1.807, 2.05) is 0 Å². The van der Waals surface area contributed by atoms with Gasteiger partial charge in [0.1, 0.15) is 11.8 Å². The topological polar surface area (TPSA) is 97.6 Å². The van der Waals surface area contributed by atoms with Gasteiger partial charge in [0.05, 0.1) is 11.0 Å². The van der Waals surface area contributed by atoms with Crippen molar-refractivity contribution in [1.29, 1.82) is 0 Å². The van der Waals surface area contributed by atoms with Gasteiger partial charge in [0.25, 0.3) is 10.9 Å². The Morgan fingerprint density at radius 3 is 2.68 bits per heavy atom. The molecule has 1 aliphatic heterocycles. The Morgan fingerprint density at radius 2 is 2.00 bits per heavy atom. The molecule has 0 radical (unpaired) electrons. The third-order valence-electron chi connectivity index (χ3n) is 3.87. The number of nitrogens with one attached hydrogen (secondary N) is 1. The predicted octanol–water partition coefficient (Wildman–Crippen LogP) is 3.27. The number of urea groups is 1. The summed E-state index contributed by atoms with van der Waals surface area (Å²) < 4.78 is 5.64. The standard InChI is InChI=1S/C16H14N4O4S/c1-10-14(11-6-8-17-9-7-11)24-16(25)19(10)15(21)18-12-4-2-3-5-13(12)20(22)23/h2-10,14H,1H3,(H,18,21)/t10-,14-/m1/s1. The molecule has 3 rings (SSSR count). The Labute approximate surface area is 148 Å². The second-order valence-corrected chi connectivity index (χ2v) is 5.75. The molecule has 1 fully saturated rings. The van der Waals surface area contributed by atoms with Gasteiger partial charge in [-0.25, -0.2) is 9.69 Å². The number of nitro benzene ring substituents is 1. The highest BCUT2D eigenvalue weighted by molar-refractivity contribution is 7.80. The van der Waals surface area contributed by atoms with Crippen LogP contribution in [0.4, 0.5) is 16.2 Å². The number of carbonyl (C=O) groups excluding carboxylic acids is 1. The average molecular weight is 358 g/mol. The van der Waals surface area contributed by atoms with Gasteiger partial charge >= 0.3 is 6.03 Å². The van der Waals surface area contributed by atoms with Crippen LogP contribution in [-0.2, 0) is 4.74 Å². The minimum atomic E-state index is -0.580. The van der Waals surface area contributed by atoms with Crippen LogP contribution in [-0.4, -0.2) is 32.1 Å².